The molecule has 1 aliphatic heterocycles. The largest absolute Gasteiger partial charge is 0.371 e. The number of nitrogens with zero attached hydrogens (tertiary/aromatic N) is 1. The molecule has 1 fully saturated rings. The molecule has 0 aliphatic carbocycles. The molecule has 0 amide bonds. The number of anilines is 1. The van der Waals surface area contributed by atoms with Gasteiger partial charge in [0.1, 0.15) is 0 Å². The van der Waals surface area contributed by atoms with Crippen molar-refractivity contribution < 1.29 is 0 Å². The predicted octanol–water partition coefficient (Wildman–Crippen LogP) is 3.98. The van der Waals surface area contributed by atoms with Crippen LogP contribution < -0.4 is 10.6 Å². The van der Waals surface area contributed by atoms with E-state index in [4.69, 9.17) is 5.73 Å². The molecule has 1 atom stereocenters. The molecule has 1 unspecified atom stereocenters. The van der Waals surface area contributed by atoms with Gasteiger partial charge in [0.2, 0.25) is 0 Å². The summed E-state index contributed by atoms with van der Waals surface area (Å²) in [6.07, 6.45) is 6.29. The Kier molecular flexibility index (Phi) is 5.09. The van der Waals surface area contributed by atoms with Crippen molar-refractivity contribution in [3.8, 4) is 0 Å². The third-order valence-electron chi connectivity index (χ3n) is 5.18. The summed E-state index contributed by atoms with van der Waals surface area (Å²) in [6.45, 7) is 9.17. The molecule has 0 spiro atoms. The summed E-state index contributed by atoms with van der Waals surface area (Å²) in [6, 6.07) is 9.25. The summed E-state index contributed by atoms with van der Waals surface area (Å²) in [7, 11) is 0. The van der Waals surface area contributed by atoms with E-state index in [1.165, 1.54) is 50.0 Å². The van der Waals surface area contributed by atoms with Gasteiger partial charge in [0.25, 0.3) is 0 Å². The number of benzene rings is 1. The highest BCUT2D eigenvalue weighted by atomic mass is 15.1. The van der Waals surface area contributed by atoms with Crippen molar-refractivity contribution in [1.82, 2.24) is 0 Å². The quantitative estimate of drug-likeness (QED) is 0.880. The minimum atomic E-state index is 0.241. The van der Waals surface area contributed by atoms with E-state index >= 15 is 0 Å². The second-order valence-corrected chi connectivity index (χ2v) is 6.54. The first-order chi connectivity index (χ1) is 9.58. The summed E-state index contributed by atoms with van der Waals surface area (Å²) in [5, 5.41) is 0. The molecule has 1 saturated heterocycles. The molecule has 20 heavy (non-hydrogen) atoms. The minimum Gasteiger partial charge on any atom is -0.371 e. The fourth-order valence-electron chi connectivity index (χ4n) is 3.41. The van der Waals surface area contributed by atoms with Crippen LogP contribution in [0.3, 0.4) is 0 Å². The Morgan fingerprint density at radius 3 is 2.10 bits per heavy atom. The van der Waals surface area contributed by atoms with Gasteiger partial charge in [0.05, 0.1) is 0 Å². The molecule has 2 N–H and O–H groups in total. The van der Waals surface area contributed by atoms with Gasteiger partial charge in [-0.2, -0.15) is 0 Å². The highest BCUT2D eigenvalue weighted by molar-refractivity contribution is 5.48. The van der Waals surface area contributed by atoms with Gasteiger partial charge in [-0.15, -0.1) is 0 Å². The van der Waals surface area contributed by atoms with Crippen LogP contribution in [0.5, 0.6) is 0 Å². The Morgan fingerprint density at radius 2 is 1.65 bits per heavy atom. The van der Waals surface area contributed by atoms with Crippen molar-refractivity contribution in [3.05, 3.63) is 29.8 Å². The molecule has 1 aliphatic rings. The molecule has 112 valence electrons. The SMILES string of the molecule is CCC1(CC)CCN(c2ccc(CC(C)N)cc2)CC1. The summed E-state index contributed by atoms with van der Waals surface area (Å²) in [5.41, 5.74) is 9.18. The van der Waals surface area contributed by atoms with Gasteiger partial charge in [-0.3, -0.25) is 0 Å². The zero-order chi connectivity index (χ0) is 14.6. The fraction of sp³-hybridized carbons (Fsp3) is 0.667. The predicted molar refractivity (Wildman–Crippen MR) is 88.3 cm³/mol. The Morgan fingerprint density at radius 1 is 1.10 bits per heavy atom. The summed E-state index contributed by atoms with van der Waals surface area (Å²) >= 11 is 0. The lowest BCUT2D eigenvalue weighted by Crippen LogP contribution is -2.39. The first kappa shape index (κ1) is 15.4. The van der Waals surface area contributed by atoms with Crippen LogP contribution in [-0.2, 0) is 6.42 Å². The third-order valence-corrected chi connectivity index (χ3v) is 5.18. The molecule has 2 heteroatoms. The fourth-order valence-corrected chi connectivity index (χ4v) is 3.41. The van der Waals surface area contributed by atoms with E-state index in [1.54, 1.807) is 0 Å². The standard InChI is InChI=1S/C18H30N2/c1-4-18(5-2)10-12-20(13-11-18)17-8-6-16(7-9-17)14-15(3)19/h6-9,15H,4-5,10-14,19H2,1-3H3. The molecule has 1 aromatic rings. The van der Waals surface area contributed by atoms with Gasteiger partial charge >= 0.3 is 0 Å². The van der Waals surface area contributed by atoms with Crippen LogP contribution in [-0.4, -0.2) is 19.1 Å². The van der Waals surface area contributed by atoms with Gasteiger partial charge in [0.15, 0.2) is 0 Å². The van der Waals surface area contributed by atoms with E-state index in [9.17, 15) is 0 Å². The van der Waals surface area contributed by atoms with Crippen molar-refractivity contribution >= 4 is 5.69 Å². The number of piperidine rings is 1. The monoisotopic (exact) mass is 274 g/mol. The Balaban J connectivity index is 1.97. The number of hydrogen-bond donors (Lipinski definition) is 1. The van der Waals surface area contributed by atoms with Crippen LogP contribution in [0.2, 0.25) is 0 Å². The van der Waals surface area contributed by atoms with Crippen molar-refractivity contribution in [2.45, 2.75) is 58.9 Å². The maximum absolute atomic E-state index is 5.86. The van der Waals surface area contributed by atoms with E-state index in [-0.39, 0.29) is 6.04 Å². The smallest absolute Gasteiger partial charge is 0.0366 e. The van der Waals surface area contributed by atoms with Crippen molar-refractivity contribution in [2.24, 2.45) is 11.1 Å². The molecule has 2 nitrogen and oxygen atoms in total. The molecule has 0 aromatic heterocycles. The average Bonchev–Trinajstić information content (AvgIpc) is 2.48. The number of nitrogens with two attached hydrogens (primary N) is 1. The summed E-state index contributed by atoms with van der Waals surface area (Å²) in [5.74, 6) is 0. The van der Waals surface area contributed by atoms with E-state index in [1.807, 2.05) is 0 Å². The maximum Gasteiger partial charge on any atom is 0.0366 e. The van der Waals surface area contributed by atoms with Gasteiger partial charge in [-0.05, 0) is 49.3 Å². The van der Waals surface area contributed by atoms with E-state index in [0.29, 0.717) is 5.41 Å². The molecule has 2 rings (SSSR count). The van der Waals surface area contributed by atoms with E-state index < -0.39 is 0 Å². The average molecular weight is 274 g/mol. The molecule has 0 bridgehead atoms. The molecule has 0 saturated carbocycles. The lowest BCUT2D eigenvalue weighted by atomic mass is 9.74. The second kappa shape index (κ2) is 6.62. The van der Waals surface area contributed by atoms with Gasteiger partial charge < -0.3 is 10.6 Å². The zero-order valence-electron chi connectivity index (χ0n) is 13.4. The summed E-state index contributed by atoms with van der Waals surface area (Å²) < 4.78 is 0. The van der Waals surface area contributed by atoms with Crippen molar-refractivity contribution in [2.75, 3.05) is 18.0 Å². The highest BCUT2D eigenvalue weighted by Crippen LogP contribution is 2.39. The number of hydrogen-bond acceptors (Lipinski definition) is 2. The van der Waals surface area contributed by atoms with Gasteiger partial charge in [-0.1, -0.05) is 38.8 Å². The third kappa shape index (κ3) is 3.54. The van der Waals surface area contributed by atoms with Crippen LogP contribution >= 0.6 is 0 Å². The van der Waals surface area contributed by atoms with E-state index in [2.05, 4.69) is 49.9 Å². The molecule has 0 radical (unpaired) electrons. The first-order valence-corrected chi connectivity index (χ1v) is 8.18. The van der Waals surface area contributed by atoms with Crippen molar-refractivity contribution in [1.29, 1.82) is 0 Å². The summed E-state index contributed by atoms with van der Waals surface area (Å²) in [4.78, 5) is 2.54. The molecule has 1 aromatic carbocycles. The van der Waals surface area contributed by atoms with Crippen LogP contribution in [0.1, 0.15) is 52.0 Å². The second-order valence-electron chi connectivity index (χ2n) is 6.54. The maximum atomic E-state index is 5.86. The first-order valence-electron chi connectivity index (χ1n) is 8.18. The topological polar surface area (TPSA) is 29.3 Å². The van der Waals surface area contributed by atoms with Crippen LogP contribution in [0, 0.1) is 5.41 Å². The Labute approximate surface area is 124 Å². The zero-order valence-corrected chi connectivity index (χ0v) is 13.4. The van der Waals surface area contributed by atoms with Crippen LogP contribution in [0.25, 0.3) is 0 Å². The van der Waals surface area contributed by atoms with Crippen LogP contribution in [0.4, 0.5) is 5.69 Å². The minimum absolute atomic E-state index is 0.241. The molecular weight excluding hydrogens is 244 g/mol. The van der Waals surface area contributed by atoms with Gasteiger partial charge in [-0.25, -0.2) is 0 Å². The molecular formula is C18H30N2. The lowest BCUT2D eigenvalue weighted by Gasteiger charge is -2.42. The van der Waals surface area contributed by atoms with E-state index in [0.717, 1.165) is 6.42 Å². The Bertz CT molecular complexity index is 394. The molecule has 1 heterocycles. The normalized spacial score (nSPS) is 19.9. The van der Waals surface area contributed by atoms with Gasteiger partial charge in [0, 0.05) is 24.8 Å². The Hall–Kier alpha value is -1.02. The lowest BCUT2D eigenvalue weighted by molar-refractivity contribution is 0.199. The highest BCUT2D eigenvalue weighted by Gasteiger charge is 2.31. The van der Waals surface area contributed by atoms with Crippen LogP contribution in [0.15, 0.2) is 24.3 Å². The van der Waals surface area contributed by atoms with Crippen molar-refractivity contribution in [3.63, 3.8) is 0 Å². The number of rotatable bonds is 5.